The monoisotopic (exact) mass is 502 g/mol. The molecule has 1 aliphatic rings. The summed E-state index contributed by atoms with van der Waals surface area (Å²) in [5, 5.41) is 4.01. The predicted octanol–water partition coefficient (Wildman–Crippen LogP) is 5.43. The van der Waals surface area contributed by atoms with Gasteiger partial charge in [0.05, 0.1) is 27.9 Å². The van der Waals surface area contributed by atoms with Crippen LogP contribution < -0.4 is 5.32 Å². The second kappa shape index (κ2) is 9.75. The molecular weight excluding hydrogens is 468 g/mol. The Balaban J connectivity index is 1.32. The Morgan fingerprint density at radius 2 is 1.94 bits per heavy atom. The summed E-state index contributed by atoms with van der Waals surface area (Å²) in [6, 6.07) is 8.49. The Morgan fingerprint density at radius 3 is 2.64 bits per heavy atom. The van der Waals surface area contributed by atoms with Gasteiger partial charge >= 0.3 is 0 Å². The number of likely N-dealkylation sites (tertiary alicyclic amines) is 1. The average Bonchev–Trinajstić information content (AvgIpc) is 3.51. The Morgan fingerprint density at radius 1 is 1.17 bits per heavy atom. The first-order valence-electron chi connectivity index (χ1n) is 12.6. The fraction of sp³-hybridized carbons (Fsp3) is 0.429. The van der Waals surface area contributed by atoms with Crippen molar-refractivity contribution in [2.45, 2.75) is 58.4 Å². The summed E-state index contributed by atoms with van der Waals surface area (Å²) in [5.74, 6) is 0.450. The highest BCUT2D eigenvalue weighted by molar-refractivity contribution is 7.13. The Hall–Kier alpha value is -3.10. The highest BCUT2D eigenvalue weighted by Crippen LogP contribution is 2.32. The van der Waals surface area contributed by atoms with E-state index in [0.29, 0.717) is 17.3 Å². The van der Waals surface area contributed by atoms with Crippen LogP contribution in [-0.4, -0.2) is 50.9 Å². The fourth-order valence-electron chi connectivity index (χ4n) is 4.75. The molecule has 0 bridgehead atoms. The van der Waals surface area contributed by atoms with Crippen LogP contribution in [0.25, 0.3) is 22.3 Å². The van der Waals surface area contributed by atoms with Crippen LogP contribution in [0.4, 0.5) is 0 Å². The molecule has 1 aliphatic heterocycles. The quantitative estimate of drug-likeness (QED) is 0.380. The van der Waals surface area contributed by atoms with Crippen molar-refractivity contribution in [3.8, 4) is 11.3 Å². The number of fused-ring (bicyclic) bond motifs is 1. The number of carbonyl (C=O) groups is 1. The third-order valence-corrected chi connectivity index (χ3v) is 8.44. The lowest BCUT2D eigenvalue weighted by Crippen LogP contribution is -2.29. The number of rotatable bonds is 5. The number of nitrogens with one attached hydrogen (secondary N) is 2. The molecule has 0 unspecified atom stereocenters. The maximum Gasteiger partial charge on any atom is 0.263 e. The zero-order valence-electron chi connectivity index (χ0n) is 21.7. The van der Waals surface area contributed by atoms with Crippen molar-refractivity contribution in [1.29, 1.82) is 0 Å². The van der Waals surface area contributed by atoms with E-state index in [-0.39, 0.29) is 11.3 Å². The van der Waals surface area contributed by atoms with E-state index in [1.807, 2.05) is 0 Å². The molecule has 1 amide bonds. The van der Waals surface area contributed by atoms with E-state index in [1.165, 1.54) is 17.0 Å². The molecule has 7 nitrogen and oxygen atoms in total. The van der Waals surface area contributed by atoms with Crippen molar-refractivity contribution < 1.29 is 4.79 Å². The first kappa shape index (κ1) is 24.6. The number of amides is 1. The van der Waals surface area contributed by atoms with Gasteiger partial charge in [0.1, 0.15) is 11.2 Å². The summed E-state index contributed by atoms with van der Waals surface area (Å²) < 4.78 is 0. The molecule has 188 valence electrons. The Bertz CT molecular complexity index is 1390. The maximum absolute atomic E-state index is 12.7. The van der Waals surface area contributed by atoms with Crippen molar-refractivity contribution in [3.05, 3.63) is 63.5 Å². The first-order chi connectivity index (χ1) is 17.2. The van der Waals surface area contributed by atoms with Crippen LogP contribution in [0.1, 0.15) is 71.0 Å². The van der Waals surface area contributed by atoms with Gasteiger partial charge in [-0.2, -0.15) is 0 Å². The second-order valence-corrected chi connectivity index (χ2v) is 11.9. The fourth-order valence-corrected chi connectivity index (χ4v) is 5.64. The highest BCUT2D eigenvalue weighted by atomic mass is 32.1. The standard InChI is InChI=1S/C28H34N6OS/c1-17-12-19(6-7-20(17)14-29-26(35)23-15-30-27(36-23)28(2,3)4)24-25-22(31-16-32-24)13-21(33-25)18-8-10-34(5)11-9-18/h6-7,12-13,15-16,18,33H,8-11,14H2,1-5H3,(H,29,35). The van der Waals surface area contributed by atoms with Crippen LogP contribution in [0.15, 0.2) is 36.8 Å². The van der Waals surface area contributed by atoms with E-state index < -0.39 is 0 Å². The molecule has 4 heterocycles. The van der Waals surface area contributed by atoms with E-state index in [2.05, 4.69) is 89.2 Å². The average molecular weight is 503 g/mol. The van der Waals surface area contributed by atoms with E-state index in [9.17, 15) is 4.79 Å². The van der Waals surface area contributed by atoms with Crippen LogP contribution in [0.2, 0.25) is 0 Å². The lowest BCUT2D eigenvalue weighted by Gasteiger charge is -2.28. The number of carbonyl (C=O) groups excluding carboxylic acids is 1. The lowest BCUT2D eigenvalue weighted by molar-refractivity contribution is 0.0954. The number of H-pyrrole nitrogens is 1. The molecule has 1 saturated heterocycles. The topological polar surface area (TPSA) is 86.8 Å². The molecule has 4 aromatic rings. The highest BCUT2D eigenvalue weighted by Gasteiger charge is 2.22. The van der Waals surface area contributed by atoms with E-state index in [0.717, 1.165) is 64.4 Å². The smallest absolute Gasteiger partial charge is 0.263 e. The van der Waals surface area contributed by atoms with Crippen LogP contribution in [-0.2, 0) is 12.0 Å². The number of aromatic nitrogens is 4. The largest absolute Gasteiger partial charge is 0.355 e. The maximum atomic E-state index is 12.7. The van der Waals surface area contributed by atoms with E-state index in [1.54, 1.807) is 12.5 Å². The molecule has 0 aliphatic carbocycles. The van der Waals surface area contributed by atoms with Gasteiger partial charge in [-0.1, -0.05) is 32.9 Å². The molecule has 8 heteroatoms. The van der Waals surface area contributed by atoms with Crippen molar-refractivity contribution >= 4 is 28.3 Å². The van der Waals surface area contributed by atoms with Crippen LogP contribution in [0.5, 0.6) is 0 Å². The number of thiazole rings is 1. The lowest BCUT2D eigenvalue weighted by atomic mass is 9.94. The molecule has 1 fully saturated rings. The summed E-state index contributed by atoms with van der Waals surface area (Å²) >= 11 is 1.46. The SMILES string of the molecule is Cc1cc(-c2ncnc3cc(C4CCN(C)CC4)[nH]c23)ccc1CNC(=O)c1cnc(C(C)(C)C)s1. The minimum Gasteiger partial charge on any atom is -0.355 e. The van der Waals surface area contributed by atoms with Crippen LogP contribution >= 0.6 is 11.3 Å². The van der Waals surface area contributed by atoms with E-state index in [4.69, 9.17) is 0 Å². The number of hydrogen-bond acceptors (Lipinski definition) is 6. The van der Waals surface area contributed by atoms with Crippen LogP contribution in [0.3, 0.4) is 0 Å². The molecule has 5 rings (SSSR count). The van der Waals surface area contributed by atoms with Gasteiger partial charge in [0, 0.05) is 29.1 Å². The van der Waals surface area contributed by atoms with Gasteiger partial charge in [-0.05, 0) is 63.2 Å². The summed E-state index contributed by atoms with van der Waals surface area (Å²) in [6.45, 7) is 11.1. The number of aryl methyl sites for hydroxylation is 1. The van der Waals surface area contributed by atoms with Crippen molar-refractivity contribution in [1.82, 2.24) is 30.2 Å². The molecule has 0 saturated carbocycles. The molecule has 3 aromatic heterocycles. The minimum atomic E-state index is -0.0863. The van der Waals surface area contributed by atoms with Crippen LogP contribution in [0, 0.1) is 6.92 Å². The number of aromatic amines is 1. The summed E-state index contributed by atoms with van der Waals surface area (Å²) in [7, 11) is 2.19. The predicted molar refractivity (Wildman–Crippen MR) is 146 cm³/mol. The van der Waals surface area contributed by atoms with Gasteiger partial charge in [-0.3, -0.25) is 4.79 Å². The number of hydrogen-bond donors (Lipinski definition) is 2. The molecular formula is C28H34N6OS. The third-order valence-electron chi connectivity index (χ3n) is 7.02. The van der Waals surface area contributed by atoms with Crippen molar-refractivity contribution in [2.24, 2.45) is 0 Å². The number of piperidine rings is 1. The van der Waals surface area contributed by atoms with E-state index >= 15 is 0 Å². The normalized spacial score (nSPS) is 15.5. The zero-order chi connectivity index (χ0) is 25.4. The Labute approximate surface area is 216 Å². The first-order valence-corrected chi connectivity index (χ1v) is 13.4. The number of nitrogens with zero attached hydrogens (tertiary/aromatic N) is 4. The van der Waals surface area contributed by atoms with Gasteiger partial charge in [0.2, 0.25) is 0 Å². The zero-order valence-corrected chi connectivity index (χ0v) is 22.5. The van der Waals surface area contributed by atoms with Gasteiger partial charge < -0.3 is 15.2 Å². The molecule has 0 atom stereocenters. The Kier molecular flexibility index (Phi) is 6.66. The van der Waals surface area contributed by atoms with Gasteiger partial charge in [0.15, 0.2) is 0 Å². The minimum absolute atomic E-state index is 0.0605. The molecule has 0 spiro atoms. The molecule has 1 aromatic carbocycles. The summed E-state index contributed by atoms with van der Waals surface area (Å²) in [4.78, 5) is 32.9. The van der Waals surface area contributed by atoms with Crippen molar-refractivity contribution in [2.75, 3.05) is 20.1 Å². The van der Waals surface area contributed by atoms with Crippen molar-refractivity contribution in [3.63, 3.8) is 0 Å². The van der Waals surface area contributed by atoms with Gasteiger partial charge in [-0.15, -0.1) is 11.3 Å². The van der Waals surface area contributed by atoms with Gasteiger partial charge in [-0.25, -0.2) is 15.0 Å². The summed E-state index contributed by atoms with van der Waals surface area (Å²) in [6.07, 6.45) is 5.64. The molecule has 2 N–H and O–H groups in total. The molecule has 36 heavy (non-hydrogen) atoms. The summed E-state index contributed by atoms with van der Waals surface area (Å²) in [5.41, 5.74) is 7.30. The third kappa shape index (κ3) is 5.06. The second-order valence-electron chi connectivity index (χ2n) is 10.9. The molecule has 0 radical (unpaired) electrons. The number of benzene rings is 1. The van der Waals surface area contributed by atoms with Gasteiger partial charge in [0.25, 0.3) is 5.91 Å².